The van der Waals surface area contributed by atoms with Gasteiger partial charge in [0.25, 0.3) is 5.91 Å². The minimum absolute atomic E-state index is 0.0359. The summed E-state index contributed by atoms with van der Waals surface area (Å²) in [5, 5.41) is 4.75. The van der Waals surface area contributed by atoms with Crippen LogP contribution in [0.4, 0.5) is 5.69 Å². The van der Waals surface area contributed by atoms with E-state index in [1.807, 2.05) is 24.8 Å². The van der Waals surface area contributed by atoms with Crippen LogP contribution < -0.4 is 10.2 Å². The van der Waals surface area contributed by atoms with Crippen molar-refractivity contribution in [3.63, 3.8) is 0 Å². The third-order valence-corrected chi connectivity index (χ3v) is 8.35. The number of nitrogens with zero attached hydrogens (tertiary/aromatic N) is 4. The van der Waals surface area contributed by atoms with Gasteiger partial charge in [-0.15, -0.1) is 0 Å². The van der Waals surface area contributed by atoms with Crippen molar-refractivity contribution in [1.82, 2.24) is 20.0 Å². The van der Waals surface area contributed by atoms with Gasteiger partial charge in [-0.25, -0.2) is 4.79 Å². The molecule has 0 radical (unpaired) electrons. The van der Waals surface area contributed by atoms with Crippen LogP contribution in [-0.2, 0) is 16.1 Å². The first-order chi connectivity index (χ1) is 17.7. The predicted octanol–water partition coefficient (Wildman–Crippen LogP) is 3.53. The van der Waals surface area contributed by atoms with E-state index in [0.29, 0.717) is 16.4 Å². The molecule has 2 saturated heterocycles. The molecule has 1 aromatic carbocycles. The lowest BCUT2D eigenvalue weighted by molar-refractivity contribution is -0.123. The first-order valence-electron chi connectivity index (χ1n) is 13.5. The maximum atomic E-state index is 13.3. The number of benzene rings is 1. The maximum absolute atomic E-state index is 13.3. The molecule has 0 aromatic heterocycles. The Morgan fingerprint density at radius 2 is 1.76 bits per heavy atom. The number of carbonyl (C=O) groups excluding carboxylic acids is 2. The molecule has 1 N–H and O–H groups in total. The highest BCUT2D eigenvalue weighted by Crippen LogP contribution is 2.34. The number of unbranched alkanes of at least 4 members (excludes halogenated alkanes) is 3. The number of thiocarbonyl (C=S) groups is 2. The summed E-state index contributed by atoms with van der Waals surface area (Å²) in [7, 11) is 0. The summed E-state index contributed by atoms with van der Waals surface area (Å²) >= 11 is 11.3. The third-order valence-electron chi connectivity index (χ3n) is 7.54. The molecule has 1 aromatic rings. The molecule has 3 aliphatic heterocycles. The summed E-state index contributed by atoms with van der Waals surface area (Å²) in [6.07, 6.45) is 5.51. The van der Waals surface area contributed by atoms with Crippen molar-refractivity contribution in [2.75, 3.05) is 50.7 Å². The fourth-order valence-electron chi connectivity index (χ4n) is 5.17. The summed E-state index contributed by atoms with van der Waals surface area (Å²) in [6.45, 7) is 13.2. The van der Waals surface area contributed by atoms with Crippen molar-refractivity contribution in [3.05, 3.63) is 29.3 Å². The quantitative estimate of drug-likeness (QED) is 0.270. The van der Waals surface area contributed by atoms with Crippen LogP contribution >= 0.6 is 24.4 Å². The van der Waals surface area contributed by atoms with Gasteiger partial charge in [-0.2, -0.15) is 0 Å². The number of esters is 1. The monoisotopic (exact) mass is 545 g/mol. The molecule has 4 rings (SSSR count). The first-order valence-corrected chi connectivity index (χ1v) is 14.3. The van der Waals surface area contributed by atoms with Gasteiger partial charge in [-0.05, 0) is 82.3 Å². The second-order valence-electron chi connectivity index (χ2n) is 10.5. The number of hydrogen-bond donors (Lipinski definition) is 1. The second kappa shape index (κ2) is 12.0. The number of carbonyl (C=O) groups is 2. The van der Waals surface area contributed by atoms with E-state index in [0.717, 1.165) is 82.2 Å². The van der Waals surface area contributed by atoms with Gasteiger partial charge < -0.3 is 19.9 Å². The Morgan fingerprint density at radius 1 is 1.05 bits per heavy atom. The van der Waals surface area contributed by atoms with Gasteiger partial charge in [-0.1, -0.05) is 19.8 Å². The van der Waals surface area contributed by atoms with Crippen molar-refractivity contribution < 1.29 is 14.3 Å². The van der Waals surface area contributed by atoms with Crippen LogP contribution in [0.1, 0.15) is 68.8 Å². The highest BCUT2D eigenvalue weighted by Gasteiger charge is 2.49. The van der Waals surface area contributed by atoms with Crippen molar-refractivity contribution in [2.45, 2.75) is 65.0 Å². The van der Waals surface area contributed by atoms with E-state index in [9.17, 15) is 9.59 Å². The minimum atomic E-state index is -0.700. The van der Waals surface area contributed by atoms with Crippen molar-refractivity contribution in [3.8, 4) is 0 Å². The fourth-order valence-corrected chi connectivity index (χ4v) is 5.97. The molecule has 0 aliphatic carbocycles. The predicted molar refractivity (Wildman–Crippen MR) is 154 cm³/mol. The lowest BCUT2D eigenvalue weighted by Crippen LogP contribution is -2.51. The van der Waals surface area contributed by atoms with Gasteiger partial charge in [-0.3, -0.25) is 14.6 Å². The number of cyclic esters (lactones) is 1. The topological polar surface area (TPSA) is 68.4 Å². The van der Waals surface area contributed by atoms with Crippen LogP contribution in [0.5, 0.6) is 0 Å². The van der Waals surface area contributed by atoms with E-state index < -0.39 is 5.54 Å². The zero-order chi connectivity index (χ0) is 26.6. The number of anilines is 1. The molecule has 8 nitrogen and oxygen atoms in total. The molecule has 2 fully saturated rings. The number of amides is 1. The Bertz CT molecular complexity index is 1040. The lowest BCUT2D eigenvalue weighted by Gasteiger charge is -2.36. The fraction of sp³-hybridized carbons (Fsp3) is 0.630. The Hall–Kier alpha value is -2.30. The van der Waals surface area contributed by atoms with Crippen LogP contribution in [0.15, 0.2) is 18.2 Å². The van der Waals surface area contributed by atoms with Gasteiger partial charge in [0.05, 0.1) is 11.3 Å². The lowest BCUT2D eigenvalue weighted by atomic mass is 10.0. The van der Waals surface area contributed by atoms with E-state index in [-0.39, 0.29) is 18.5 Å². The Morgan fingerprint density at radius 3 is 2.46 bits per heavy atom. The molecule has 0 spiro atoms. The Kier molecular flexibility index (Phi) is 9.03. The molecular weight excluding hydrogens is 506 g/mol. The largest absolute Gasteiger partial charge is 0.457 e. The zero-order valence-electron chi connectivity index (χ0n) is 22.3. The molecular formula is C27H39N5O3S2. The van der Waals surface area contributed by atoms with Crippen LogP contribution in [-0.4, -0.2) is 88.2 Å². The zero-order valence-corrected chi connectivity index (χ0v) is 23.9. The first kappa shape index (κ1) is 27.7. The normalized spacial score (nSPS) is 19.4. The molecule has 10 heteroatoms. The summed E-state index contributed by atoms with van der Waals surface area (Å²) in [6, 6.07) is 5.35. The van der Waals surface area contributed by atoms with Gasteiger partial charge in [0.15, 0.2) is 10.2 Å². The number of nitrogens with one attached hydrogen (secondary N) is 1. The van der Waals surface area contributed by atoms with Gasteiger partial charge >= 0.3 is 5.97 Å². The average Bonchev–Trinajstić information content (AvgIpc) is 3.33. The van der Waals surface area contributed by atoms with E-state index in [1.165, 1.54) is 6.42 Å². The summed E-state index contributed by atoms with van der Waals surface area (Å²) < 4.78 is 5.11. The van der Waals surface area contributed by atoms with Crippen molar-refractivity contribution in [2.24, 2.45) is 0 Å². The average molecular weight is 546 g/mol. The highest BCUT2D eigenvalue weighted by molar-refractivity contribution is 7.80. The molecule has 0 unspecified atom stereocenters. The van der Waals surface area contributed by atoms with Crippen molar-refractivity contribution >= 4 is 52.2 Å². The van der Waals surface area contributed by atoms with Crippen LogP contribution in [0, 0.1) is 0 Å². The molecule has 1 amide bonds. The maximum Gasteiger partial charge on any atom is 0.338 e. The third kappa shape index (κ3) is 6.07. The Labute approximate surface area is 231 Å². The smallest absolute Gasteiger partial charge is 0.338 e. The molecule has 0 saturated carbocycles. The Balaban J connectivity index is 1.19. The van der Waals surface area contributed by atoms with E-state index >= 15 is 0 Å². The minimum Gasteiger partial charge on any atom is -0.457 e. The molecule has 0 atom stereocenters. The number of piperazine rings is 1. The molecule has 0 bridgehead atoms. The second-order valence-corrected chi connectivity index (χ2v) is 11.3. The highest BCUT2D eigenvalue weighted by atomic mass is 32.1. The SMILES string of the molecule is CCCNC(=S)N1CCN(CCCCCCN2C(=S)N(c3ccc4c(c3)COC4=O)C(=O)C2(C)C)CC1. The molecule has 202 valence electrons. The summed E-state index contributed by atoms with van der Waals surface area (Å²) in [5.41, 5.74) is 1.36. The molecule has 3 heterocycles. The van der Waals surface area contributed by atoms with E-state index in [1.54, 1.807) is 17.0 Å². The van der Waals surface area contributed by atoms with E-state index in [2.05, 4.69) is 22.0 Å². The van der Waals surface area contributed by atoms with Crippen LogP contribution in [0.2, 0.25) is 0 Å². The summed E-state index contributed by atoms with van der Waals surface area (Å²) in [4.78, 5) is 33.6. The number of rotatable bonds is 10. The molecule has 37 heavy (non-hydrogen) atoms. The number of hydrogen-bond acceptors (Lipinski definition) is 6. The summed E-state index contributed by atoms with van der Waals surface area (Å²) in [5.74, 6) is -0.351. The van der Waals surface area contributed by atoms with E-state index in [4.69, 9.17) is 29.2 Å². The van der Waals surface area contributed by atoms with Gasteiger partial charge in [0.2, 0.25) is 0 Å². The van der Waals surface area contributed by atoms with Gasteiger partial charge in [0, 0.05) is 44.8 Å². The molecule has 3 aliphatic rings. The van der Waals surface area contributed by atoms with Crippen molar-refractivity contribution in [1.29, 1.82) is 0 Å². The standard InChI is InChI=1S/C27H39N5O3S2/c1-4-11-28-25(36)30-16-14-29(15-17-30)12-7-5-6-8-13-31-26(37)32(24(34)27(31,2)3)21-9-10-22-20(18-21)19-35-23(22)33/h9-10,18H,4-8,11-17,19H2,1-3H3,(H,28,36). The number of ether oxygens (including phenoxy) is 1. The number of fused-ring (bicyclic) bond motifs is 1. The van der Waals surface area contributed by atoms with Crippen LogP contribution in [0.25, 0.3) is 0 Å². The van der Waals surface area contributed by atoms with Gasteiger partial charge in [0.1, 0.15) is 12.1 Å². The van der Waals surface area contributed by atoms with Crippen LogP contribution in [0.3, 0.4) is 0 Å².